The molecule has 0 aliphatic heterocycles. The summed E-state index contributed by atoms with van der Waals surface area (Å²) in [6.07, 6.45) is 0.841. The molecule has 0 bridgehead atoms. The predicted molar refractivity (Wildman–Crippen MR) is 95.6 cm³/mol. The van der Waals surface area contributed by atoms with Gasteiger partial charge in [-0.25, -0.2) is 4.79 Å². The number of carboxylic acids is 1. The van der Waals surface area contributed by atoms with E-state index in [1.165, 1.54) is 0 Å². The van der Waals surface area contributed by atoms with Gasteiger partial charge in [0.15, 0.2) is 6.61 Å². The zero-order valence-electron chi connectivity index (χ0n) is 14.5. The molecule has 0 heterocycles. The average molecular weight is 341 g/mol. The third-order valence-corrected chi connectivity index (χ3v) is 4.02. The molecule has 0 spiro atoms. The number of benzene rings is 2. The molecule has 1 atom stereocenters. The Balaban J connectivity index is 2.21. The van der Waals surface area contributed by atoms with Crippen LogP contribution in [-0.2, 0) is 11.3 Å². The van der Waals surface area contributed by atoms with Crippen molar-refractivity contribution in [3.8, 4) is 5.75 Å². The molecule has 0 saturated heterocycles. The Morgan fingerprint density at radius 2 is 1.84 bits per heavy atom. The van der Waals surface area contributed by atoms with Gasteiger partial charge in [-0.3, -0.25) is 4.79 Å². The lowest BCUT2D eigenvalue weighted by Crippen LogP contribution is -2.37. The van der Waals surface area contributed by atoms with E-state index in [1.807, 2.05) is 49.1 Å². The van der Waals surface area contributed by atoms with Crippen LogP contribution in [0, 0.1) is 0 Å². The van der Waals surface area contributed by atoms with Crippen LogP contribution < -0.4 is 4.74 Å². The van der Waals surface area contributed by atoms with E-state index in [4.69, 9.17) is 9.84 Å². The lowest BCUT2D eigenvalue weighted by atomic mass is 10.1. The van der Waals surface area contributed by atoms with Gasteiger partial charge in [0.1, 0.15) is 5.75 Å². The smallest absolute Gasteiger partial charge is 0.341 e. The number of aliphatic carboxylic acids is 1. The van der Waals surface area contributed by atoms with E-state index in [9.17, 15) is 9.59 Å². The number of hydrogen-bond donors (Lipinski definition) is 1. The van der Waals surface area contributed by atoms with Crippen molar-refractivity contribution >= 4 is 11.9 Å². The van der Waals surface area contributed by atoms with Gasteiger partial charge in [-0.1, -0.05) is 43.3 Å². The van der Waals surface area contributed by atoms with Crippen LogP contribution in [0.1, 0.15) is 36.2 Å². The van der Waals surface area contributed by atoms with Crippen molar-refractivity contribution in [3.05, 3.63) is 65.7 Å². The molecule has 2 aromatic carbocycles. The lowest BCUT2D eigenvalue weighted by Gasteiger charge is -2.29. The normalized spacial score (nSPS) is 11.6. The van der Waals surface area contributed by atoms with Gasteiger partial charge < -0.3 is 14.7 Å². The van der Waals surface area contributed by atoms with Gasteiger partial charge in [0.2, 0.25) is 0 Å². The molecule has 0 aromatic heterocycles. The monoisotopic (exact) mass is 341 g/mol. The maximum Gasteiger partial charge on any atom is 0.341 e. The first-order chi connectivity index (χ1) is 12.0. The minimum Gasteiger partial charge on any atom is -0.482 e. The van der Waals surface area contributed by atoms with E-state index in [-0.39, 0.29) is 11.9 Å². The van der Waals surface area contributed by atoms with Gasteiger partial charge in [-0.15, -0.1) is 0 Å². The summed E-state index contributed by atoms with van der Waals surface area (Å²) in [5.41, 5.74) is 1.55. The molecule has 2 aromatic rings. The highest BCUT2D eigenvalue weighted by Crippen LogP contribution is 2.19. The Labute approximate surface area is 147 Å². The zero-order valence-corrected chi connectivity index (χ0v) is 14.5. The summed E-state index contributed by atoms with van der Waals surface area (Å²) in [6.45, 7) is 4.15. The molecule has 1 N–H and O–H groups in total. The van der Waals surface area contributed by atoms with Crippen molar-refractivity contribution in [3.63, 3.8) is 0 Å². The number of carboxylic acid groups (broad SMARTS) is 1. The van der Waals surface area contributed by atoms with Crippen LogP contribution in [0.5, 0.6) is 5.75 Å². The van der Waals surface area contributed by atoms with Crippen LogP contribution in [0.25, 0.3) is 0 Å². The molecule has 0 aliphatic rings. The molecular formula is C20H23NO4. The molecule has 2 rings (SSSR count). The van der Waals surface area contributed by atoms with E-state index in [2.05, 4.69) is 0 Å². The highest BCUT2D eigenvalue weighted by atomic mass is 16.5. The topological polar surface area (TPSA) is 66.8 Å². The molecule has 5 heteroatoms. The highest BCUT2D eigenvalue weighted by molar-refractivity contribution is 5.94. The largest absolute Gasteiger partial charge is 0.482 e. The summed E-state index contributed by atoms with van der Waals surface area (Å²) in [7, 11) is 0. The van der Waals surface area contributed by atoms with Crippen molar-refractivity contribution in [2.24, 2.45) is 0 Å². The molecule has 0 aliphatic carbocycles. The van der Waals surface area contributed by atoms with Crippen molar-refractivity contribution in [1.82, 2.24) is 4.90 Å². The molecule has 5 nitrogen and oxygen atoms in total. The first-order valence-corrected chi connectivity index (χ1v) is 8.30. The fourth-order valence-electron chi connectivity index (χ4n) is 2.46. The standard InChI is InChI=1S/C20H23NO4/c1-3-15(2)21(13-16-8-5-4-6-9-16)20(24)17-10-7-11-18(12-17)25-14-19(22)23/h4-12,15H,3,13-14H2,1-2H3,(H,22,23). The SMILES string of the molecule is CCC(C)N(Cc1ccccc1)C(=O)c1cccc(OCC(=O)O)c1. The van der Waals surface area contributed by atoms with Gasteiger partial charge in [0, 0.05) is 18.2 Å². The Hall–Kier alpha value is -2.82. The summed E-state index contributed by atoms with van der Waals surface area (Å²) in [4.78, 5) is 25.4. The quantitative estimate of drug-likeness (QED) is 0.797. The first kappa shape index (κ1) is 18.5. The fourth-order valence-corrected chi connectivity index (χ4v) is 2.46. The Kier molecular flexibility index (Phi) is 6.57. The number of rotatable bonds is 8. The Morgan fingerprint density at radius 1 is 1.12 bits per heavy atom. The molecule has 0 radical (unpaired) electrons. The van der Waals surface area contributed by atoms with Crippen LogP contribution in [0.15, 0.2) is 54.6 Å². The van der Waals surface area contributed by atoms with Crippen molar-refractivity contribution < 1.29 is 19.4 Å². The van der Waals surface area contributed by atoms with Gasteiger partial charge >= 0.3 is 5.97 Å². The second kappa shape index (κ2) is 8.87. The highest BCUT2D eigenvalue weighted by Gasteiger charge is 2.21. The maximum atomic E-state index is 13.0. The summed E-state index contributed by atoms with van der Waals surface area (Å²) in [5.74, 6) is -0.780. The summed E-state index contributed by atoms with van der Waals surface area (Å²) < 4.78 is 5.17. The molecule has 1 unspecified atom stereocenters. The third-order valence-electron chi connectivity index (χ3n) is 4.02. The molecule has 132 valence electrons. The van der Waals surface area contributed by atoms with Crippen molar-refractivity contribution in [2.75, 3.05) is 6.61 Å². The van der Waals surface area contributed by atoms with Gasteiger partial charge in [-0.2, -0.15) is 0 Å². The Morgan fingerprint density at radius 3 is 2.48 bits per heavy atom. The summed E-state index contributed by atoms with van der Waals surface area (Å²) in [5, 5.41) is 8.71. The number of nitrogens with zero attached hydrogens (tertiary/aromatic N) is 1. The predicted octanol–water partition coefficient (Wildman–Crippen LogP) is 3.59. The molecule has 25 heavy (non-hydrogen) atoms. The molecule has 1 amide bonds. The van der Waals surface area contributed by atoms with Crippen LogP contribution >= 0.6 is 0 Å². The van der Waals surface area contributed by atoms with Crippen molar-refractivity contribution in [2.45, 2.75) is 32.9 Å². The van der Waals surface area contributed by atoms with E-state index in [0.29, 0.717) is 17.9 Å². The second-order valence-corrected chi connectivity index (χ2v) is 5.89. The first-order valence-electron chi connectivity index (χ1n) is 8.30. The molecule has 0 saturated carbocycles. The second-order valence-electron chi connectivity index (χ2n) is 5.89. The van der Waals surface area contributed by atoms with Crippen LogP contribution in [-0.4, -0.2) is 34.5 Å². The number of carbonyl (C=O) groups excluding carboxylic acids is 1. The lowest BCUT2D eigenvalue weighted by molar-refractivity contribution is -0.139. The molecular weight excluding hydrogens is 318 g/mol. The van der Waals surface area contributed by atoms with E-state index in [1.54, 1.807) is 24.3 Å². The summed E-state index contributed by atoms with van der Waals surface area (Å²) in [6, 6.07) is 16.6. The third kappa shape index (κ3) is 5.35. The van der Waals surface area contributed by atoms with Crippen LogP contribution in [0.2, 0.25) is 0 Å². The van der Waals surface area contributed by atoms with E-state index in [0.717, 1.165) is 12.0 Å². The maximum absolute atomic E-state index is 13.0. The number of carbonyl (C=O) groups is 2. The van der Waals surface area contributed by atoms with E-state index < -0.39 is 12.6 Å². The minimum atomic E-state index is -1.05. The fraction of sp³-hybridized carbons (Fsp3) is 0.300. The summed E-state index contributed by atoms with van der Waals surface area (Å²) >= 11 is 0. The molecule has 0 fully saturated rings. The zero-order chi connectivity index (χ0) is 18.2. The van der Waals surface area contributed by atoms with Crippen molar-refractivity contribution in [1.29, 1.82) is 0 Å². The minimum absolute atomic E-state index is 0.0799. The van der Waals surface area contributed by atoms with Gasteiger partial charge in [0.05, 0.1) is 0 Å². The van der Waals surface area contributed by atoms with Gasteiger partial charge in [0.25, 0.3) is 5.91 Å². The van der Waals surface area contributed by atoms with E-state index >= 15 is 0 Å². The van der Waals surface area contributed by atoms with Crippen LogP contribution in [0.4, 0.5) is 0 Å². The van der Waals surface area contributed by atoms with Gasteiger partial charge in [-0.05, 0) is 37.1 Å². The number of ether oxygens (including phenoxy) is 1. The number of hydrogen-bond acceptors (Lipinski definition) is 3. The Bertz CT molecular complexity index is 715. The van der Waals surface area contributed by atoms with Crippen LogP contribution in [0.3, 0.4) is 0 Å². The number of amides is 1. The average Bonchev–Trinajstić information content (AvgIpc) is 2.64.